The second-order valence-electron chi connectivity index (χ2n) is 20.3. The number of rotatable bonds is 6. The molecule has 0 bridgehead atoms. The summed E-state index contributed by atoms with van der Waals surface area (Å²) < 4.78 is 2.44. The lowest BCUT2D eigenvalue weighted by Crippen LogP contribution is -2.26. The third kappa shape index (κ3) is 5.91. The molecule has 1 spiro atoms. The molecule has 0 saturated heterocycles. The summed E-state index contributed by atoms with van der Waals surface area (Å²) in [5, 5.41) is 9.89. The van der Waals surface area contributed by atoms with Crippen molar-refractivity contribution in [3.05, 3.63) is 301 Å². The Kier molecular flexibility index (Phi) is 8.99. The molecule has 2 heteroatoms. The summed E-state index contributed by atoms with van der Waals surface area (Å²) in [5.41, 5.74) is 21.3. The minimum Gasteiger partial charge on any atom is -0.309 e. The Morgan fingerprint density at radius 2 is 0.747 bits per heavy atom. The molecule has 13 aromatic carbocycles. The molecule has 348 valence electrons. The highest BCUT2D eigenvalue weighted by molar-refractivity contribution is 6.26. The molecule has 1 heterocycles. The number of para-hydroxylation sites is 2. The van der Waals surface area contributed by atoms with Gasteiger partial charge in [-0.15, -0.1) is 0 Å². The van der Waals surface area contributed by atoms with Crippen LogP contribution in [-0.2, 0) is 5.41 Å². The van der Waals surface area contributed by atoms with Crippen molar-refractivity contribution in [3.63, 3.8) is 0 Å². The summed E-state index contributed by atoms with van der Waals surface area (Å²) in [5.74, 6) is 0. The lowest BCUT2D eigenvalue weighted by molar-refractivity contribution is 0.794. The average molecular weight is 951 g/mol. The van der Waals surface area contributed by atoms with Crippen LogP contribution < -0.4 is 4.90 Å². The smallest absolute Gasteiger partial charge is 0.0726 e. The molecule has 0 radical (unpaired) electrons. The first-order valence-electron chi connectivity index (χ1n) is 26.1. The number of nitrogens with zero attached hydrogens (tertiary/aromatic N) is 2. The number of fused-ring (bicyclic) bond motifs is 19. The van der Waals surface area contributed by atoms with E-state index in [1.165, 1.54) is 104 Å². The van der Waals surface area contributed by atoms with Gasteiger partial charge in [0.25, 0.3) is 0 Å². The molecule has 0 N–H and O–H groups in total. The number of hydrogen-bond donors (Lipinski definition) is 0. The minimum atomic E-state index is -0.553. The summed E-state index contributed by atoms with van der Waals surface area (Å²) in [6, 6.07) is 104. The highest BCUT2D eigenvalue weighted by atomic mass is 15.2. The second-order valence-corrected chi connectivity index (χ2v) is 20.3. The molecule has 2 aliphatic carbocycles. The monoisotopic (exact) mass is 950 g/mol. The van der Waals surface area contributed by atoms with Gasteiger partial charge < -0.3 is 9.47 Å². The lowest BCUT2D eigenvalue weighted by atomic mass is 9.70. The van der Waals surface area contributed by atoms with Crippen molar-refractivity contribution >= 4 is 71.2 Å². The van der Waals surface area contributed by atoms with Crippen LogP contribution in [0.25, 0.3) is 104 Å². The number of aromatic nitrogens is 1. The SMILES string of the molecule is c1ccc(-c2ccc(-c3cc4c(cc3N(c3ccc5c6ccccc6c6ccccc6c5c3)c3cccc5c3c3ccccc3n5-c3ccccc3)C3(c5ccccc5-c5ccccc53)c3ccccc3-4)cc2)cc1. The first-order chi connectivity index (χ1) is 37.2. The second kappa shape index (κ2) is 16.1. The highest BCUT2D eigenvalue weighted by Crippen LogP contribution is 2.64. The van der Waals surface area contributed by atoms with Crippen molar-refractivity contribution in [2.45, 2.75) is 5.41 Å². The van der Waals surface area contributed by atoms with Crippen LogP contribution in [0.3, 0.4) is 0 Å². The fraction of sp³-hybridized carbons (Fsp3) is 0.0137. The third-order valence-corrected chi connectivity index (χ3v) is 16.6. The quantitative estimate of drug-likeness (QED) is 0.151. The van der Waals surface area contributed by atoms with Crippen molar-refractivity contribution in [3.8, 4) is 50.2 Å². The molecule has 0 fully saturated rings. The topological polar surface area (TPSA) is 8.17 Å². The lowest BCUT2D eigenvalue weighted by Gasteiger charge is -2.33. The van der Waals surface area contributed by atoms with Gasteiger partial charge in [-0.3, -0.25) is 0 Å². The summed E-state index contributed by atoms with van der Waals surface area (Å²) in [6.45, 7) is 0. The van der Waals surface area contributed by atoms with Crippen molar-refractivity contribution in [2.24, 2.45) is 0 Å². The molecular formula is C73H46N2. The molecule has 2 nitrogen and oxygen atoms in total. The van der Waals surface area contributed by atoms with Crippen molar-refractivity contribution in [1.82, 2.24) is 4.57 Å². The molecule has 0 atom stereocenters. The van der Waals surface area contributed by atoms with Gasteiger partial charge in [-0.25, -0.2) is 0 Å². The fourth-order valence-corrected chi connectivity index (χ4v) is 13.5. The molecule has 14 aromatic rings. The zero-order valence-corrected chi connectivity index (χ0v) is 41.0. The Hall–Kier alpha value is -9.76. The average Bonchev–Trinajstić information content (AvgIpc) is 4.24. The van der Waals surface area contributed by atoms with E-state index in [2.05, 4.69) is 289 Å². The summed E-state index contributed by atoms with van der Waals surface area (Å²) in [7, 11) is 0. The van der Waals surface area contributed by atoms with Crippen LogP contribution in [-0.4, -0.2) is 4.57 Å². The largest absolute Gasteiger partial charge is 0.309 e. The Balaban J connectivity index is 1.07. The van der Waals surface area contributed by atoms with Crippen molar-refractivity contribution in [1.29, 1.82) is 0 Å². The van der Waals surface area contributed by atoms with Gasteiger partial charge in [0.15, 0.2) is 0 Å². The molecule has 0 aliphatic heterocycles. The van der Waals surface area contributed by atoms with E-state index in [1.54, 1.807) is 0 Å². The molecule has 16 rings (SSSR count). The van der Waals surface area contributed by atoms with E-state index in [1.807, 2.05) is 0 Å². The number of benzene rings is 13. The zero-order valence-electron chi connectivity index (χ0n) is 41.0. The van der Waals surface area contributed by atoms with Gasteiger partial charge in [-0.1, -0.05) is 224 Å². The maximum atomic E-state index is 2.61. The maximum Gasteiger partial charge on any atom is 0.0726 e. The highest BCUT2D eigenvalue weighted by Gasteiger charge is 2.52. The van der Waals surface area contributed by atoms with E-state index in [-0.39, 0.29) is 0 Å². The maximum absolute atomic E-state index is 2.61. The van der Waals surface area contributed by atoms with Crippen molar-refractivity contribution in [2.75, 3.05) is 4.90 Å². The van der Waals surface area contributed by atoms with Gasteiger partial charge in [-0.05, 0) is 148 Å². The first-order valence-corrected chi connectivity index (χ1v) is 26.1. The van der Waals surface area contributed by atoms with Crippen LogP contribution in [0, 0.1) is 0 Å². The van der Waals surface area contributed by atoms with Gasteiger partial charge in [0.05, 0.1) is 27.8 Å². The van der Waals surface area contributed by atoms with E-state index >= 15 is 0 Å². The predicted molar refractivity (Wildman–Crippen MR) is 315 cm³/mol. The van der Waals surface area contributed by atoms with Gasteiger partial charge in [0.1, 0.15) is 0 Å². The van der Waals surface area contributed by atoms with Crippen LogP contribution in [0.5, 0.6) is 0 Å². The fourth-order valence-electron chi connectivity index (χ4n) is 13.5. The molecule has 0 saturated carbocycles. The molecule has 75 heavy (non-hydrogen) atoms. The molecule has 2 aliphatic rings. The number of anilines is 3. The van der Waals surface area contributed by atoms with Crippen LogP contribution in [0.2, 0.25) is 0 Å². The van der Waals surface area contributed by atoms with Crippen LogP contribution >= 0.6 is 0 Å². The molecule has 0 unspecified atom stereocenters. The number of hydrogen-bond acceptors (Lipinski definition) is 1. The van der Waals surface area contributed by atoms with Crippen LogP contribution in [0.15, 0.2) is 279 Å². The zero-order chi connectivity index (χ0) is 49.2. The predicted octanol–water partition coefficient (Wildman–Crippen LogP) is 19.4. The minimum absolute atomic E-state index is 0.553. The van der Waals surface area contributed by atoms with Crippen LogP contribution in [0.4, 0.5) is 17.1 Å². The van der Waals surface area contributed by atoms with E-state index in [0.29, 0.717) is 0 Å². The molecule has 0 amide bonds. The summed E-state index contributed by atoms with van der Waals surface area (Å²) >= 11 is 0. The Morgan fingerprint density at radius 3 is 1.39 bits per heavy atom. The van der Waals surface area contributed by atoms with E-state index in [4.69, 9.17) is 0 Å². The summed E-state index contributed by atoms with van der Waals surface area (Å²) in [6.07, 6.45) is 0. The molecule has 1 aromatic heterocycles. The van der Waals surface area contributed by atoms with Gasteiger partial charge in [-0.2, -0.15) is 0 Å². The van der Waals surface area contributed by atoms with E-state index in [9.17, 15) is 0 Å². The van der Waals surface area contributed by atoms with Crippen molar-refractivity contribution < 1.29 is 0 Å². The van der Waals surface area contributed by atoms with Crippen LogP contribution in [0.1, 0.15) is 22.3 Å². The van der Waals surface area contributed by atoms with Gasteiger partial charge in [0.2, 0.25) is 0 Å². The Bertz CT molecular complexity index is 4560. The Labute approximate surface area is 435 Å². The van der Waals surface area contributed by atoms with E-state index in [0.717, 1.165) is 39.4 Å². The third-order valence-electron chi connectivity index (χ3n) is 16.6. The van der Waals surface area contributed by atoms with Gasteiger partial charge in [0, 0.05) is 27.7 Å². The normalized spacial score (nSPS) is 12.9. The Morgan fingerprint density at radius 1 is 0.267 bits per heavy atom. The standard InChI is InChI=1S/C73H46N2/c1-3-20-47(21-4-1)48-38-40-49(41-39-48)61-45-63-59-30-13-17-34-66(59)73(64-32-15-11-28-57(64)58-29-12-16-33-65(58)73)67(63)46-71(61)75(51-42-43-56-54-26-8-7-24-52(54)53-25-9-10-27-55(53)62(56)44-51)70-37-19-36-69-72(70)60-31-14-18-35-68(60)74(69)50-22-5-2-6-23-50/h1-46H. The first kappa shape index (κ1) is 41.8. The van der Waals surface area contributed by atoms with E-state index < -0.39 is 5.41 Å². The molecular weight excluding hydrogens is 905 g/mol. The summed E-state index contributed by atoms with van der Waals surface area (Å²) in [4.78, 5) is 2.61. The van der Waals surface area contributed by atoms with Gasteiger partial charge >= 0.3 is 0 Å².